The molecule has 3 aliphatic heterocycles. The molecular weight excluding hydrogens is 488 g/mol. The van der Waals surface area contributed by atoms with Crippen LogP contribution < -0.4 is 10.6 Å². The fourth-order valence-corrected chi connectivity index (χ4v) is 6.19. The number of pyridine rings is 1. The minimum atomic E-state index is -0.0345. The van der Waals surface area contributed by atoms with Crippen molar-refractivity contribution in [2.75, 3.05) is 45.2 Å². The number of anilines is 2. The topological polar surface area (TPSA) is 77.7 Å². The number of benzene rings is 1. The van der Waals surface area contributed by atoms with Crippen molar-refractivity contribution in [2.24, 2.45) is 0 Å². The summed E-state index contributed by atoms with van der Waals surface area (Å²) in [4.78, 5) is 13.0. The number of H-pyrrole nitrogens is 1. The first-order chi connectivity index (χ1) is 19.1. The van der Waals surface area contributed by atoms with E-state index in [-0.39, 0.29) is 18.6 Å². The number of methoxy groups -OCH3 is 1. The second-order valence-corrected chi connectivity index (χ2v) is 11.0. The fraction of sp³-hybridized carbons (Fsp3) is 0.452. The Labute approximate surface area is 231 Å². The van der Waals surface area contributed by atoms with Crippen LogP contribution in [0.3, 0.4) is 0 Å². The molecule has 8 nitrogen and oxygen atoms in total. The minimum absolute atomic E-state index is 0.0345. The summed E-state index contributed by atoms with van der Waals surface area (Å²) in [7, 11) is 1.81. The van der Waals surface area contributed by atoms with Gasteiger partial charge in [-0.15, -0.1) is 0 Å². The molecule has 0 radical (unpaired) electrons. The number of fused-ring (bicyclic) bond motifs is 2. The molecule has 0 spiro atoms. The molecule has 2 aromatic heterocycles. The first-order valence-corrected chi connectivity index (χ1v) is 14.2. The van der Waals surface area contributed by atoms with Gasteiger partial charge in [0.2, 0.25) is 0 Å². The zero-order chi connectivity index (χ0) is 26.8. The van der Waals surface area contributed by atoms with E-state index in [0.29, 0.717) is 0 Å². The van der Waals surface area contributed by atoms with E-state index in [1.807, 2.05) is 13.3 Å². The van der Waals surface area contributed by atoms with Gasteiger partial charge in [0.25, 0.3) is 0 Å². The SMILES string of the molecule is COC(N1CC=C(c2cc3c(Nc4ccc5c(c4)/C=C\NCCC5)ccnc3[nH]2)CC1)N1CC(C)OC(C)C1. The van der Waals surface area contributed by atoms with Gasteiger partial charge < -0.3 is 25.1 Å². The Balaban J connectivity index is 1.19. The third kappa shape index (κ3) is 5.75. The molecule has 1 aromatic carbocycles. The van der Waals surface area contributed by atoms with Gasteiger partial charge in [0.1, 0.15) is 5.65 Å². The van der Waals surface area contributed by atoms with Crippen LogP contribution in [0.15, 0.2) is 48.8 Å². The van der Waals surface area contributed by atoms with Crippen LogP contribution in [0, 0.1) is 0 Å². The molecule has 3 N–H and O–H groups in total. The molecule has 39 heavy (non-hydrogen) atoms. The first-order valence-electron chi connectivity index (χ1n) is 14.2. The van der Waals surface area contributed by atoms with Crippen LogP contribution >= 0.6 is 0 Å². The highest BCUT2D eigenvalue weighted by molar-refractivity contribution is 5.94. The molecule has 1 fully saturated rings. The molecule has 6 rings (SSSR count). The smallest absolute Gasteiger partial charge is 0.168 e. The Morgan fingerprint density at radius 3 is 2.77 bits per heavy atom. The summed E-state index contributed by atoms with van der Waals surface area (Å²) in [5.41, 5.74) is 8.17. The van der Waals surface area contributed by atoms with Crippen LogP contribution in [0.4, 0.5) is 11.4 Å². The lowest BCUT2D eigenvalue weighted by Crippen LogP contribution is -2.57. The third-order valence-corrected chi connectivity index (χ3v) is 7.97. The van der Waals surface area contributed by atoms with Gasteiger partial charge in [-0.2, -0.15) is 0 Å². The van der Waals surface area contributed by atoms with Crippen molar-refractivity contribution in [1.29, 1.82) is 0 Å². The number of rotatable bonds is 6. The maximum Gasteiger partial charge on any atom is 0.168 e. The molecule has 3 aliphatic rings. The highest BCUT2D eigenvalue weighted by Gasteiger charge is 2.32. The lowest BCUT2D eigenvalue weighted by molar-refractivity contribution is -0.182. The number of aromatic amines is 1. The second-order valence-electron chi connectivity index (χ2n) is 11.0. The summed E-state index contributed by atoms with van der Waals surface area (Å²) >= 11 is 0. The summed E-state index contributed by atoms with van der Waals surface area (Å²) in [5, 5.41) is 8.10. The summed E-state index contributed by atoms with van der Waals surface area (Å²) < 4.78 is 11.9. The van der Waals surface area contributed by atoms with Crippen molar-refractivity contribution in [1.82, 2.24) is 25.1 Å². The Morgan fingerprint density at radius 1 is 1.10 bits per heavy atom. The van der Waals surface area contributed by atoms with Crippen molar-refractivity contribution in [2.45, 2.75) is 51.7 Å². The molecule has 3 unspecified atom stereocenters. The summed E-state index contributed by atoms with van der Waals surface area (Å²) in [6.07, 6.45) is 12.0. The largest absolute Gasteiger partial charge is 0.391 e. The van der Waals surface area contributed by atoms with E-state index in [4.69, 9.17) is 9.47 Å². The number of aryl methyl sites for hydroxylation is 1. The zero-order valence-corrected chi connectivity index (χ0v) is 23.2. The van der Waals surface area contributed by atoms with Crippen LogP contribution in [0.1, 0.15) is 43.5 Å². The molecular formula is C31H40N6O2. The highest BCUT2D eigenvalue weighted by Crippen LogP contribution is 2.32. The van der Waals surface area contributed by atoms with Crippen molar-refractivity contribution in [3.63, 3.8) is 0 Å². The first kappa shape index (κ1) is 26.1. The summed E-state index contributed by atoms with van der Waals surface area (Å²) in [5.74, 6) is 0. The van der Waals surface area contributed by atoms with Crippen LogP contribution in [0.25, 0.3) is 22.7 Å². The van der Waals surface area contributed by atoms with E-state index in [2.05, 4.69) is 92.9 Å². The molecule has 5 heterocycles. The number of hydrogen-bond donors (Lipinski definition) is 3. The molecule has 0 bridgehead atoms. The average molecular weight is 529 g/mol. The molecule has 1 saturated heterocycles. The van der Waals surface area contributed by atoms with Crippen molar-refractivity contribution >= 4 is 34.1 Å². The molecule has 0 saturated carbocycles. The number of morpholine rings is 1. The van der Waals surface area contributed by atoms with Crippen LogP contribution in [0.5, 0.6) is 0 Å². The Bertz CT molecular complexity index is 1350. The highest BCUT2D eigenvalue weighted by atomic mass is 16.5. The monoisotopic (exact) mass is 528 g/mol. The Hall–Kier alpha value is -3.17. The molecule has 0 amide bonds. The van der Waals surface area contributed by atoms with Gasteiger partial charge in [-0.25, -0.2) is 4.98 Å². The predicted octanol–water partition coefficient (Wildman–Crippen LogP) is 4.94. The van der Waals surface area contributed by atoms with Gasteiger partial charge in [-0.1, -0.05) is 12.1 Å². The van der Waals surface area contributed by atoms with E-state index in [0.717, 1.165) is 80.1 Å². The second kappa shape index (κ2) is 11.5. The van der Waals surface area contributed by atoms with Crippen LogP contribution in [-0.2, 0) is 15.9 Å². The molecule has 3 aromatic rings. The van der Waals surface area contributed by atoms with Gasteiger partial charge in [0, 0.05) is 62.8 Å². The normalized spacial score (nSPS) is 24.2. The fourth-order valence-electron chi connectivity index (χ4n) is 6.19. The number of ether oxygens (including phenoxy) is 2. The van der Waals surface area contributed by atoms with Gasteiger partial charge in [-0.3, -0.25) is 9.80 Å². The summed E-state index contributed by atoms with van der Waals surface area (Å²) in [6.45, 7) is 8.86. The minimum Gasteiger partial charge on any atom is -0.391 e. The van der Waals surface area contributed by atoms with Crippen molar-refractivity contribution in [3.8, 4) is 0 Å². The molecule has 0 aliphatic carbocycles. The standard InChI is InChI=1S/C31H40N6O2/c1-21-19-37(20-22(2)39-21)31(38-3)36-15-10-24(11-16-36)29-18-27-28(9-14-33-30(27)35-29)34-26-7-6-23-5-4-12-32-13-8-25(23)17-26/h6-10,13-14,17-18,21-22,31-32H,4-5,11-12,15-16,19-20H2,1-3H3,(H2,33,34,35)/b13-8-. The number of nitrogens with one attached hydrogen (secondary N) is 3. The Kier molecular flexibility index (Phi) is 7.70. The van der Waals surface area contributed by atoms with Crippen molar-refractivity contribution < 1.29 is 9.47 Å². The number of nitrogens with zero attached hydrogens (tertiary/aromatic N) is 3. The summed E-state index contributed by atoms with van der Waals surface area (Å²) in [6, 6.07) is 11.0. The van der Waals surface area contributed by atoms with E-state index in [9.17, 15) is 0 Å². The lowest BCUT2D eigenvalue weighted by Gasteiger charge is -2.44. The van der Waals surface area contributed by atoms with Gasteiger partial charge in [0.05, 0.1) is 17.9 Å². The molecule has 3 atom stereocenters. The van der Waals surface area contributed by atoms with Crippen LogP contribution in [-0.4, -0.2) is 78.2 Å². The number of aromatic nitrogens is 2. The van der Waals surface area contributed by atoms with E-state index >= 15 is 0 Å². The number of hydrogen-bond acceptors (Lipinski definition) is 7. The maximum atomic E-state index is 5.97. The van der Waals surface area contributed by atoms with E-state index < -0.39 is 0 Å². The average Bonchev–Trinajstić information content (AvgIpc) is 3.35. The lowest BCUT2D eigenvalue weighted by atomic mass is 10.0. The zero-order valence-electron chi connectivity index (χ0n) is 23.2. The Morgan fingerprint density at radius 2 is 1.97 bits per heavy atom. The maximum absolute atomic E-state index is 5.97. The van der Waals surface area contributed by atoms with Gasteiger partial charge in [-0.05, 0) is 86.4 Å². The van der Waals surface area contributed by atoms with Crippen molar-refractivity contribution in [3.05, 3.63) is 65.6 Å². The van der Waals surface area contributed by atoms with E-state index in [1.165, 1.54) is 16.7 Å². The predicted molar refractivity (Wildman–Crippen MR) is 158 cm³/mol. The van der Waals surface area contributed by atoms with Gasteiger partial charge in [0.15, 0.2) is 6.35 Å². The molecule has 206 valence electrons. The van der Waals surface area contributed by atoms with Gasteiger partial charge >= 0.3 is 0 Å². The van der Waals surface area contributed by atoms with Crippen LogP contribution in [0.2, 0.25) is 0 Å². The van der Waals surface area contributed by atoms with E-state index in [1.54, 1.807) is 0 Å². The quantitative estimate of drug-likeness (QED) is 0.418. The molecule has 8 heteroatoms. The third-order valence-electron chi connectivity index (χ3n) is 7.97.